The summed E-state index contributed by atoms with van der Waals surface area (Å²) in [6.07, 6.45) is -0.701. The molecule has 0 bridgehead atoms. The van der Waals surface area contributed by atoms with Gasteiger partial charge in [0.2, 0.25) is 0 Å². The second-order valence-corrected chi connectivity index (χ2v) is 3.41. The van der Waals surface area contributed by atoms with E-state index in [1.807, 2.05) is 0 Å². The molecule has 6 heteroatoms. The topological polar surface area (TPSA) is 38.8 Å². The molecule has 4 nitrogen and oxygen atoms in total. The summed E-state index contributed by atoms with van der Waals surface area (Å²) in [4.78, 5) is 15.9. The Morgan fingerprint density at radius 3 is 2.33 bits per heavy atom. The summed E-state index contributed by atoms with van der Waals surface area (Å²) in [6, 6.07) is 4.80. The minimum absolute atomic E-state index is 0.120. The minimum Gasteiger partial charge on any atom is -0.405 e. The van der Waals surface area contributed by atoms with E-state index in [-0.39, 0.29) is 15.8 Å². The lowest BCUT2D eigenvalue weighted by Crippen LogP contribution is -2.28. The van der Waals surface area contributed by atoms with Crippen LogP contribution in [0.2, 0.25) is 10.0 Å². The lowest BCUT2D eigenvalue weighted by molar-refractivity contribution is -0.0790. The van der Waals surface area contributed by atoms with E-state index in [0.29, 0.717) is 0 Å². The van der Waals surface area contributed by atoms with Crippen molar-refractivity contribution in [2.75, 3.05) is 14.2 Å². The molecule has 0 N–H and O–H groups in total. The molecule has 0 saturated carbocycles. The summed E-state index contributed by atoms with van der Waals surface area (Å²) in [5.74, 6) is 0.120. The Labute approximate surface area is 97.2 Å². The number of hydrogen-bond donors (Lipinski definition) is 0. The highest BCUT2D eigenvalue weighted by Crippen LogP contribution is 2.32. The molecule has 0 aliphatic heterocycles. The van der Waals surface area contributed by atoms with Crippen molar-refractivity contribution in [2.24, 2.45) is 0 Å². The van der Waals surface area contributed by atoms with Crippen LogP contribution >= 0.6 is 23.2 Å². The Morgan fingerprint density at radius 1 is 1.33 bits per heavy atom. The number of carbonyl (C=O) groups excluding carboxylic acids is 1. The van der Waals surface area contributed by atoms with E-state index in [9.17, 15) is 4.79 Å². The molecular weight excluding hydrogens is 241 g/mol. The quantitative estimate of drug-likeness (QED) is 0.757. The van der Waals surface area contributed by atoms with Gasteiger partial charge in [-0.05, 0) is 12.1 Å². The number of rotatable bonds is 2. The first kappa shape index (κ1) is 12.1. The standard InChI is InChI=1S/C9H9Cl2NO3/c1-12(14-2)9(13)15-8-6(10)4-3-5-7(8)11/h3-5H,1-2H3. The van der Waals surface area contributed by atoms with E-state index in [1.165, 1.54) is 14.2 Å². The van der Waals surface area contributed by atoms with Crippen LogP contribution in [0.4, 0.5) is 4.79 Å². The Kier molecular flexibility index (Phi) is 4.20. The van der Waals surface area contributed by atoms with Crippen molar-refractivity contribution in [3.05, 3.63) is 28.2 Å². The van der Waals surface area contributed by atoms with E-state index < -0.39 is 6.09 Å². The number of nitrogens with zero attached hydrogens (tertiary/aromatic N) is 1. The third-order valence-corrected chi connectivity index (χ3v) is 2.23. The Balaban J connectivity index is 2.85. The predicted molar refractivity (Wildman–Crippen MR) is 57.3 cm³/mol. The number of amides is 1. The molecule has 1 aromatic carbocycles. The van der Waals surface area contributed by atoms with Crippen molar-refractivity contribution in [3.8, 4) is 5.75 Å². The van der Waals surface area contributed by atoms with Gasteiger partial charge in [0.25, 0.3) is 0 Å². The number of hydrogen-bond acceptors (Lipinski definition) is 3. The van der Waals surface area contributed by atoms with Crippen LogP contribution in [-0.4, -0.2) is 25.3 Å². The number of para-hydroxylation sites is 1. The maximum atomic E-state index is 11.3. The van der Waals surface area contributed by atoms with Crippen LogP contribution in [0.5, 0.6) is 5.75 Å². The molecule has 0 radical (unpaired) electrons. The number of hydroxylamine groups is 2. The van der Waals surface area contributed by atoms with Crippen LogP contribution in [0.1, 0.15) is 0 Å². The average Bonchev–Trinajstić information content (AvgIpc) is 2.22. The molecule has 0 aromatic heterocycles. The van der Waals surface area contributed by atoms with Gasteiger partial charge < -0.3 is 4.74 Å². The Morgan fingerprint density at radius 2 is 1.87 bits per heavy atom. The van der Waals surface area contributed by atoms with Crippen molar-refractivity contribution in [1.29, 1.82) is 0 Å². The predicted octanol–water partition coefficient (Wildman–Crippen LogP) is 2.99. The smallest absolute Gasteiger partial charge is 0.405 e. The van der Waals surface area contributed by atoms with Gasteiger partial charge >= 0.3 is 6.09 Å². The lowest BCUT2D eigenvalue weighted by Gasteiger charge is -2.14. The van der Waals surface area contributed by atoms with Gasteiger partial charge in [-0.1, -0.05) is 29.3 Å². The highest BCUT2D eigenvalue weighted by Gasteiger charge is 2.15. The molecule has 15 heavy (non-hydrogen) atoms. The van der Waals surface area contributed by atoms with Crippen LogP contribution in [0.15, 0.2) is 18.2 Å². The first-order valence-electron chi connectivity index (χ1n) is 4.00. The normalized spacial score (nSPS) is 9.87. The molecule has 0 spiro atoms. The number of halogens is 2. The molecule has 0 unspecified atom stereocenters. The molecule has 1 rings (SSSR count). The fourth-order valence-corrected chi connectivity index (χ4v) is 1.28. The summed E-state index contributed by atoms with van der Waals surface area (Å²) in [5, 5.41) is 1.44. The first-order valence-corrected chi connectivity index (χ1v) is 4.75. The van der Waals surface area contributed by atoms with E-state index in [0.717, 1.165) is 5.06 Å². The molecule has 1 aromatic rings. The number of carbonyl (C=O) groups is 1. The SMILES string of the molecule is CON(C)C(=O)Oc1c(Cl)cccc1Cl. The first-order chi connectivity index (χ1) is 7.06. The fourth-order valence-electron chi connectivity index (χ4n) is 0.806. The van der Waals surface area contributed by atoms with Gasteiger partial charge in [-0.15, -0.1) is 0 Å². The summed E-state index contributed by atoms with van der Waals surface area (Å²) < 4.78 is 4.93. The second-order valence-electron chi connectivity index (χ2n) is 2.60. The van der Waals surface area contributed by atoms with E-state index >= 15 is 0 Å². The van der Waals surface area contributed by atoms with Gasteiger partial charge in [0.1, 0.15) is 0 Å². The largest absolute Gasteiger partial charge is 0.439 e. The molecule has 0 aliphatic rings. The summed E-state index contributed by atoms with van der Waals surface area (Å²) in [5.41, 5.74) is 0. The Bertz CT molecular complexity index is 350. The van der Waals surface area contributed by atoms with Crippen molar-refractivity contribution >= 4 is 29.3 Å². The zero-order valence-corrected chi connectivity index (χ0v) is 9.67. The maximum Gasteiger partial charge on any atom is 0.439 e. The zero-order chi connectivity index (χ0) is 11.4. The second kappa shape index (κ2) is 5.21. The minimum atomic E-state index is -0.701. The van der Waals surface area contributed by atoms with Crippen molar-refractivity contribution in [3.63, 3.8) is 0 Å². The van der Waals surface area contributed by atoms with Crippen LogP contribution < -0.4 is 4.74 Å². The third-order valence-electron chi connectivity index (χ3n) is 1.64. The highest BCUT2D eigenvalue weighted by molar-refractivity contribution is 6.37. The maximum absolute atomic E-state index is 11.3. The molecule has 82 valence electrons. The summed E-state index contributed by atoms with van der Waals surface area (Å²) in [6.45, 7) is 0. The summed E-state index contributed by atoms with van der Waals surface area (Å²) in [7, 11) is 2.75. The van der Waals surface area contributed by atoms with Crippen LogP contribution in [0.3, 0.4) is 0 Å². The van der Waals surface area contributed by atoms with Crippen molar-refractivity contribution in [2.45, 2.75) is 0 Å². The monoisotopic (exact) mass is 249 g/mol. The number of ether oxygens (including phenoxy) is 1. The average molecular weight is 250 g/mol. The number of benzene rings is 1. The highest BCUT2D eigenvalue weighted by atomic mass is 35.5. The van der Waals surface area contributed by atoms with Gasteiger partial charge in [0.15, 0.2) is 5.75 Å². The molecule has 0 atom stereocenters. The molecular formula is C9H9Cl2NO3. The fraction of sp³-hybridized carbons (Fsp3) is 0.222. The van der Waals surface area contributed by atoms with Gasteiger partial charge in [-0.25, -0.2) is 4.79 Å². The molecule has 0 saturated heterocycles. The van der Waals surface area contributed by atoms with Gasteiger partial charge in [-0.3, -0.25) is 4.84 Å². The van der Waals surface area contributed by atoms with E-state index in [2.05, 4.69) is 4.84 Å². The van der Waals surface area contributed by atoms with E-state index in [4.69, 9.17) is 27.9 Å². The van der Waals surface area contributed by atoms with Crippen LogP contribution in [0.25, 0.3) is 0 Å². The molecule has 0 heterocycles. The van der Waals surface area contributed by atoms with Gasteiger partial charge in [0, 0.05) is 7.05 Å². The van der Waals surface area contributed by atoms with Crippen LogP contribution in [-0.2, 0) is 4.84 Å². The lowest BCUT2D eigenvalue weighted by atomic mass is 10.3. The van der Waals surface area contributed by atoms with E-state index in [1.54, 1.807) is 18.2 Å². The molecule has 1 amide bonds. The van der Waals surface area contributed by atoms with Crippen LogP contribution in [0, 0.1) is 0 Å². The zero-order valence-electron chi connectivity index (χ0n) is 8.16. The summed E-state index contributed by atoms with van der Waals surface area (Å²) >= 11 is 11.6. The third kappa shape index (κ3) is 2.99. The Hall–Kier alpha value is -0.970. The van der Waals surface area contributed by atoms with Gasteiger partial charge in [0.05, 0.1) is 17.2 Å². The van der Waals surface area contributed by atoms with Gasteiger partial charge in [-0.2, -0.15) is 5.06 Å². The van der Waals surface area contributed by atoms with Crippen molar-refractivity contribution < 1.29 is 14.4 Å². The molecule has 0 aliphatic carbocycles. The molecule has 0 fully saturated rings. The van der Waals surface area contributed by atoms with Crippen molar-refractivity contribution in [1.82, 2.24) is 5.06 Å².